The average molecular weight is 212 g/mol. The van der Waals surface area contributed by atoms with E-state index in [1.807, 2.05) is 20.3 Å². The number of H-pyrrole nitrogens is 1. The quantitative estimate of drug-likeness (QED) is 0.599. The molecule has 0 aliphatic heterocycles. The number of aromatic nitrogens is 2. The third kappa shape index (κ3) is 6.22. The molecule has 0 saturated heterocycles. The first kappa shape index (κ1) is 12.2. The van der Waals surface area contributed by atoms with E-state index in [1.165, 1.54) is 0 Å². The van der Waals surface area contributed by atoms with Crippen LogP contribution in [0.25, 0.3) is 0 Å². The van der Waals surface area contributed by atoms with Crippen molar-refractivity contribution < 1.29 is 4.74 Å². The first-order valence-corrected chi connectivity index (χ1v) is 5.20. The minimum Gasteiger partial charge on any atom is -0.379 e. The highest BCUT2D eigenvalue weighted by Crippen LogP contribution is 1.86. The van der Waals surface area contributed by atoms with Crippen LogP contribution >= 0.6 is 0 Å². The largest absolute Gasteiger partial charge is 0.379 e. The Morgan fingerprint density at radius 1 is 1.47 bits per heavy atom. The minimum atomic E-state index is 0.745. The molecule has 15 heavy (non-hydrogen) atoms. The number of hydrogen-bond donors (Lipinski definition) is 2. The Labute approximate surface area is 90.8 Å². The van der Waals surface area contributed by atoms with E-state index in [2.05, 4.69) is 20.2 Å². The summed E-state index contributed by atoms with van der Waals surface area (Å²) in [6, 6.07) is 0. The van der Waals surface area contributed by atoms with E-state index in [-0.39, 0.29) is 0 Å². The van der Waals surface area contributed by atoms with Crippen LogP contribution in [0.5, 0.6) is 0 Å². The summed E-state index contributed by atoms with van der Waals surface area (Å²) < 4.78 is 5.43. The molecule has 0 bridgehead atoms. The molecule has 0 aromatic carbocycles. The Morgan fingerprint density at radius 3 is 3.00 bits per heavy atom. The molecule has 0 atom stereocenters. The van der Waals surface area contributed by atoms with E-state index in [4.69, 9.17) is 4.74 Å². The highest BCUT2D eigenvalue weighted by Gasteiger charge is 1.94. The minimum absolute atomic E-state index is 0.745. The van der Waals surface area contributed by atoms with E-state index < -0.39 is 0 Å². The van der Waals surface area contributed by atoms with Gasteiger partial charge in [0.05, 0.1) is 19.8 Å². The molecule has 0 aliphatic rings. The summed E-state index contributed by atoms with van der Waals surface area (Å²) in [5.41, 5.74) is 0. The maximum Gasteiger partial charge on any atom is 0.120 e. The van der Waals surface area contributed by atoms with E-state index in [1.54, 1.807) is 6.20 Å². The van der Waals surface area contributed by atoms with Gasteiger partial charge in [-0.15, -0.1) is 0 Å². The normalized spacial score (nSPS) is 11.1. The van der Waals surface area contributed by atoms with Crippen LogP contribution in [0.2, 0.25) is 0 Å². The summed E-state index contributed by atoms with van der Waals surface area (Å²) >= 11 is 0. The van der Waals surface area contributed by atoms with Crippen LogP contribution in [0.1, 0.15) is 5.82 Å². The van der Waals surface area contributed by atoms with Crippen molar-refractivity contribution in [3.8, 4) is 0 Å². The zero-order valence-corrected chi connectivity index (χ0v) is 9.49. The third-order valence-electron chi connectivity index (χ3n) is 1.95. The average Bonchev–Trinajstić information content (AvgIpc) is 2.68. The van der Waals surface area contributed by atoms with Crippen molar-refractivity contribution in [3.05, 3.63) is 18.2 Å². The summed E-state index contributed by atoms with van der Waals surface area (Å²) in [6.07, 6.45) is 3.58. The molecule has 1 aromatic heterocycles. The molecule has 5 nitrogen and oxygen atoms in total. The van der Waals surface area contributed by atoms with E-state index in [9.17, 15) is 0 Å². The maximum absolute atomic E-state index is 5.43. The smallest absolute Gasteiger partial charge is 0.120 e. The van der Waals surface area contributed by atoms with Crippen LogP contribution < -0.4 is 5.32 Å². The van der Waals surface area contributed by atoms with Gasteiger partial charge in [0.2, 0.25) is 0 Å². The van der Waals surface area contributed by atoms with Gasteiger partial charge in [-0.1, -0.05) is 0 Å². The van der Waals surface area contributed by atoms with Gasteiger partial charge < -0.3 is 19.9 Å². The van der Waals surface area contributed by atoms with Crippen LogP contribution in [0.4, 0.5) is 0 Å². The molecule has 0 unspecified atom stereocenters. The lowest BCUT2D eigenvalue weighted by Gasteiger charge is -2.09. The standard InChI is InChI=1S/C10H20N4O/c1-14(2)6-8-15-7-5-11-9-10-12-3-4-13-10/h3-4,11H,5-9H2,1-2H3,(H,12,13). The molecule has 0 saturated carbocycles. The summed E-state index contributed by atoms with van der Waals surface area (Å²) in [5, 5.41) is 3.24. The molecule has 0 amide bonds. The van der Waals surface area contributed by atoms with Crippen LogP contribution in [0, 0.1) is 0 Å². The molecule has 0 aliphatic carbocycles. The molecule has 0 spiro atoms. The molecule has 1 heterocycles. The van der Waals surface area contributed by atoms with Gasteiger partial charge in [-0.3, -0.25) is 0 Å². The SMILES string of the molecule is CN(C)CCOCCNCc1ncc[nH]1. The molecule has 1 aromatic rings. The van der Waals surface area contributed by atoms with Crippen molar-refractivity contribution in [1.82, 2.24) is 20.2 Å². The number of ether oxygens (including phenoxy) is 1. The fourth-order valence-electron chi connectivity index (χ4n) is 1.09. The molecule has 2 N–H and O–H groups in total. The van der Waals surface area contributed by atoms with Crippen LogP contribution in [0.3, 0.4) is 0 Å². The number of aromatic amines is 1. The summed E-state index contributed by atoms with van der Waals surface area (Å²) in [7, 11) is 4.08. The first-order valence-electron chi connectivity index (χ1n) is 5.20. The summed E-state index contributed by atoms with van der Waals surface area (Å²) in [5.74, 6) is 0.961. The predicted octanol–water partition coefficient (Wildman–Crippen LogP) is 0.0775. The van der Waals surface area contributed by atoms with Crippen molar-refractivity contribution in [1.29, 1.82) is 0 Å². The Bertz CT molecular complexity index is 236. The Morgan fingerprint density at radius 2 is 2.33 bits per heavy atom. The third-order valence-corrected chi connectivity index (χ3v) is 1.95. The zero-order valence-electron chi connectivity index (χ0n) is 9.49. The zero-order chi connectivity index (χ0) is 10.9. The molecular formula is C10H20N4O. The molecule has 0 radical (unpaired) electrons. The lowest BCUT2D eigenvalue weighted by Crippen LogP contribution is -2.23. The fourth-order valence-corrected chi connectivity index (χ4v) is 1.09. The molecule has 0 fully saturated rings. The molecule has 1 rings (SSSR count). The van der Waals surface area contributed by atoms with Gasteiger partial charge in [-0.05, 0) is 14.1 Å². The van der Waals surface area contributed by atoms with E-state index in [0.29, 0.717) is 0 Å². The summed E-state index contributed by atoms with van der Waals surface area (Å²) in [6.45, 7) is 4.13. The Balaban J connectivity index is 1.85. The Hall–Kier alpha value is -0.910. The lowest BCUT2D eigenvalue weighted by atomic mass is 10.5. The van der Waals surface area contributed by atoms with Crippen LogP contribution in [0.15, 0.2) is 12.4 Å². The van der Waals surface area contributed by atoms with Gasteiger partial charge in [-0.2, -0.15) is 0 Å². The van der Waals surface area contributed by atoms with Crippen molar-refractivity contribution in [2.45, 2.75) is 6.54 Å². The van der Waals surface area contributed by atoms with E-state index in [0.717, 1.165) is 38.7 Å². The van der Waals surface area contributed by atoms with Crippen LogP contribution in [-0.2, 0) is 11.3 Å². The van der Waals surface area contributed by atoms with E-state index >= 15 is 0 Å². The van der Waals surface area contributed by atoms with Gasteiger partial charge in [0.25, 0.3) is 0 Å². The summed E-state index contributed by atoms with van der Waals surface area (Å²) in [4.78, 5) is 9.25. The van der Waals surface area contributed by atoms with Gasteiger partial charge in [-0.25, -0.2) is 4.98 Å². The van der Waals surface area contributed by atoms with Crippen molar-refractivity contribution in [3.63, 3.8) is 0 Å². The first-order chi connectivity index (χ1) is 7.29. The molecular weight excluding hydrogens is 192 g/mol. The molecule has 5 heteroatoms. The molecule has 86 valence electrons. The highest BCUT2D eigenvalue weighted by atomic mass is 16.5. The number of nitrogens with one attached hydrogen (secondary N) is 2. The van der Waals surface area contributed by atoms with Gasteiger partial charge >= 0.3 is 0 Å². The monoisotopic (exact) mass is 212 g/mol. The second-order valence-electron chi connectivity index (χ2n) is 3.63. The van der Waals surface area contributed by atoms with Crippen molar-refractivity contribution >= 4 is 0 Å². The van der Waals surface area contributed by atoms with Gasteiger partial charge in [0.15, 0.2) is 0 Å². The lowest BCUT2D eigenvalue weighted by molar-refractivity contribution is 0.119. The van der Waals surface area contributed by atoms with Gasteiger partial charge in [0.1, 0.15) is 5.82 Å². The van der Waals surface area contributed by atoms with Crippen molar-refractivity contribution in [2.24, 2.45) is 0 Å². The highest BCUT2D eigenvalue weighted by molar-refractivity contribution is 4.85. The predicted molar refractivity (Wildman–Crippen MR) is 59.7 cm³/mol. The van der Waals surface area contributed by atoms with Crippen molar-refractivity contribution in [2.75, 3.05) is 40.4 Å². The second kappa shape index (κ2) is 7.39. The second-order valence-corrected chi connectivity index (χ2v) is 3.63. The van der Waals surface area contributed by atoms with Gasteiger partial charge in [0, 0.05) is 25.5 Å². The fraction of sp³-hybridized carbons (Fsp3) is 0.700. The number of likely N-dealkylation sites (N-methyl/N-ethyl adjacent to an activating group) is 1. The number of imidazole rings is 1. The number of hydrogen-bond acceptors (Lipinski definition) is 4. The number of rotatable bonds is 8. The topological polar surface area (TPSA) is 53.2 Å². The van der Waals surface area contributed by atoms with Crippen LogP contribution in [-0.4, -0.2) is 55.3 Å². The Kier molecular flexibility index (Phi) is 5.99. The number of nitrogens with zero attached hydrogens (tertiary/aromatic N) is 2. The maximum atomic E-state index is 5.43.